The molecule has 1 rings (SSSR count). The van der Waals surface area contributed by atoms with Gasteiger partial charge < -0.3 is 4.43 Å². The van der Waals surface area contributed by atoms with Crippen LogP contribution in [0.2, 0.25) is 6.04 Å². The first-order valence-corrected chi connectivity index (χ1v) is 6.98. The zero-order valence-electron chi connectivity index (χ0n) is 9.20. The molecule has 1 aromatic carbocycles. The highest BCUT2D eigenvalue weighted by Gasteiger charge is 1.95. The van der Waals surface area contributed by atoms with Crippen molar-refractivity contribution in [1.82, 2.24) is 0 Å². The summed E-state index contributed by atoms with van der Waals surface area (Å²) in [6.45, 7) is 5.42. The summed E-state index contributed by atoms with van der Waals surface area (Å²) in [7, 11) is -0.252. The van der Waals surface area contributed by atoms with Crippen LogP contribution in [0.15, 0.2) is 30.3 Å². The highest BCUT2D eigenvalue weighted by atomic mass is 28.2. The lowest BCUT2D eigenvalue weighted by Gasteiger charge is -2.05. The minimum absolute atomic E-state index is 0.252. The van der Waals surface area contributed by atoms with Crippen molar-refractivity contribution in [3.8, 4) is 0 Å². The van der Waals surface area contributed by atoms with E-state index >= 15 is 0 Å². The van der Waals surface area contributed by atoms with E-state index in [-0.39, 0.29) is 9.76 Å². The second-order valence-corrected chi connectivity index (χ2v) is 5.42. The smallest absolute Gasteiger partial charge is 0.161 e. The molecule has 0 spiro atoms. The number of benzene rings is 1. The molecule has 1 nitrogen and oxygen atoms in total. The van der Waals surface area contributed by atoms with Crippen LogP contribution in [0.1, 0.15) is 19.4 Å². The molecule has 0 heterocycles. The van der Waals surface area contributed by atoms with E-state index in [0.29, 0.717) is 0 Å². The van der Waals surface area contributed by atoms with E-state index in [1.807, 2.05) is 0 Å². The van der Waals surface area contributed by atoms with E-state index in [9.17, 15) is 0 Å². The van der Waals surface area contributed by atoms with Gasteiger partial charge in [-0.15, -0.1) is 0 Å². The molecule has 0 aliphatic rings. The van der Waals surface area contributed by atoms with Crippen LogP contribution in [0.4, 0.5) is 0 Å². The van der Waals surface area contributed by atoms with Gasteiger partial charge in [-0.2, -0.15) is 0 Å². The van der Waals surface area contributed by atoms with Gasteiger partial charge in [0.2, 0.25) is 0 Å². The average molecular weight is 208 g/mol. The van der Waals surface area contributed by atoms with Crippen molar-refractivity contribution >= 4 is 9.76 Å². The van der Waals surface area contributed by atoms with Crippen LogP contribution in [0, 0.1) is 5.92 Å². The van der Waals surface area contributed by atoms with Crippen molar-refractivity contribution in [3.05, 3.63) is 35.9 Å². The molecule has 0 radical (unpaired) electrons. The second-order valence-electron chi connectivity index (χ2n) is 4.03. The van der Waals surface area contributed by atoms with Gasteiger partial charge in [0.25, 0.3) is 0 Å². The van der Waals surface area contributed by atoms with E-state index in [1.165, 1.54) is 11.6 Å². The Hall–Kier alpha value is -0.603. The fourth-order valence-corrected chi connectivity index (χ4v) is 2.24. The van der Waals surface area contributed by atoms with Gasteiger partial charge in [0.15, 0.2) is 9.76 Å². The maximum Gasteiger partial charge on any atom is 0.161 e. The Bertz CT molecular complexity index is 233. The molecule has 0 unspecified atom stereocenters. The first kappa shape index (κ1) is 11.5. The first-order valence-electron chi connectivity index (χ1n) is 5.40. The maximum absolute atomic E-state index is 5.69. The van der Waals surface area contributed by atoms with Gasteiger partial charge in [-0.1, -0.05) is 44.2 Å². The monoisotopic (exact) mass is 208 g/mol. The van der Waals surface area contributed by atoms with Gasteiger partial charge in [-0.3, -0.25) is 0 Å². The van der Waals surface area contributed by atoms with E-state index in [4.69, 9.17) is 4.43 Å². The molecule has 0 N–H and O–H groups in total. The fourth-order valence-electron chi connectivity index (χ4n) is 1.26. The van der Waals surface area contributed by atoms with Gasteiger partial charge in [-0.25, -0.2) is 0 Å². The third kappa shape index (κ3) is 5.20. The molecule has 78 valence electrons. The van der Waals surface area contributed by atoms with Crippen molar-refractivity contribution in [2.45, 2.75) is 26.3 Å². The molecule has 0 fully saturated rings. The molecule has 0 saturated carbocycles. The Kier molecular flexibility index (Phi) is 5.57. The van der Waals surface area contributed by atoms with E-state index in [1.54, 1.807) is 0 Å². The number of rotatable bonds is 6. The summed E-state index contributed by atoms with van der Waals surface area (Å²) in [4.78, 5) is 0. The van der Waals surface area contributed by atoms with Gasteiger partial charge in [-0.05, 0) is 23.9 Å². The highest BCUT2D eigenvalue weighted by molar-refractivity contribution is 6.27. The largest absolute Gasteiger partial charge is 0.424 e. The molecule has 0 amide bonds. The maximum atomic E-state index is 5.69. The lowest BCUT2D eigenvalue weighted by Crippen LogP contribution is -2.05. The molecule has 0 atom stereocenters. The summed E-state index contributed by atoms with van der Waals surface area (Å²) in [6, 6.07) is 11.8. The molecular weight excluding hydrogens is 188 g/mol. The third-order valence-electron chi connectivity index (χ3n) is 2.22. The highest BCUT2D eigenvalue weighted by Crippen LogP contribution is 2.01. The van der Waals surface area contributed by atoms with Crippen LogP contribution in [0.3, 0.4) is 0 Å². The lowest BCUT2D eigenvalue weighted by atomic mass is 10.2. The molecule has 0 bridgehead atoms. The molecular formula is C12H20OSi. The van der Waals surface area contributed by atoms with Crippen molar-refractivity contribution < 1.29 is 4.43 Å². The van der Waals surface area contributed by atoms with Crippen LogP contribution >= 0.6 is 0 Å². The molecule has 0 aliphatic carbocycles. The zero-order chi connectivity index (χ0) is 10.2. The second kappa shape index (κ2) is 6.79. The van der Waals surface area contributed by atoms with Gasteiger partial charge >= 0.3 is 0 Å². The van der Waals surface area contributed by atoms with Crippen LogP contribution in [-0.4, -0.2) is 16.4 Å². The number of hydrogen-bond donors (Lipinski definition) is 0. The van der Waals surface area contributed by atoms with Crippen molar-refractivity contribution in [2.75, 3.05) is 6.61 Å². The minimum atomic E-state index is -0.252. The summed E-state index contributed by atoms with van der Waals surface area (Å²) in [5, 5.41) is 0. The molecule has 14 heavy (non-hydrogen) atoms. The van der Waals surface area contributed by atoms with Crippen LogP contribution < -0.4 is 0 Å². The summed E-state index contributed by atoms with van der Waals surface area (Å²) in [5.41, 5.74) is 1.38. The predicted octanol–water partition coefficient (Wildman–Crippen LogP) is 2.40. The quantitative estimate of drug-likeness (QED) is 0.515. The molecule has 0 aliphatic heterocycles. The fraction of sp³-hybridized carbons (Fsp3) is 0.500. The van der Waals surface area contributed by atoms with Crippen molar-refractivity contribution in [1.29, 1.82) is 0 Å². The van der Waals surface area contributed by atoms with Crippen LogP contribution in [0.5, 0.6) is 0 Å². The summed E-state index contributed by atoms with van der Waals surface area (Å²) in [5.74, 6) is 0.804. The number of hydrogen-bond acceptors (Lipinski definition) is 1. The topological polar surface area (TPSA) is 9.23 Å². The van der Waals surface area contributed by atoms with E-state index in [0.717, 1.165) is 18.9 Å². The predicted molar refractivity (Wildman–Crippen MR) is 64.3 cm³/mol. The zero-order valence-corrected chi connectivity index (χ0v) is 10.6. The van der Waals surface area contributed by atoms with Gasteiger partial charge in [0.05, 0.1) is 0 Å². The Morgan fingerprint density at radius 1 is 1.21 bits per heavy atom. The Morgan fingerprint density at radius 2 is 1.93 bits per heavy atom. The lowest BCUT2D eigenvalue weighted by molar-refractivity contribution is 0.336. The molecule has 0 aromatic heterocycles. The standard InChI is InChI=1S/C12H20OSi/c1-11(2)10-14-13-9-8-12-6-4-3-5-7-12/h3-7,11H,8-10,14H2,1-2H3. The van der Waals surface area contributed by atoms with Crippen molar-refractivity contribution in [3.63, 3.8) is 0 Å². The summed E-state index contributed by atoms with van der Waals surface area (Å²) < 4.78 is 5.69. The average Bonchev–Trinajstić information content (AvgIpc) is 2.18. The normalized spacial score (nSPS) is 11.6. The van der Waals surface area contributed by atoms with E-state index < -0.39 is 0 Å². The minimum Gasteiger partial charge on any atom is -0.424 e. The summed E-state index contributed by atoms with van der Waals surface area (Å²) >= 11 is 0. The van der Waals surface area contributed by atoms with E-state index in [2.05, 4.69) is 44.2 Å². The Labute approximate surface area is 89.4 Å². The first-order chi connectivity index (χ1) is 6.79. The summed E-state index contributed by atoms with van der Waals surface area (Å²) in [6.07, 6.45) is 1.06. The SMILES string of the molecule is CC(C)C[SiH2]OCCc1ccccc1. The molecule has 0 saturated heterocycles. The van der Waals surface area contributed by atoms with Gasteiger partial charge in [0.1, 0.15) is 0 Å². The Morgan fingerprint density at radius 3 is 2.57 bits per heavy atom. The molecule has 1 aromatic rings. The van der Waals surface area contributed by atoms with Crippen molar-refractivity contribution in [2.24, 2.45) is 5.92 Å². The Balaban J connectivity index is 2.05. The van der Waals surface area contributed by atoms with Crippen LogP contribution in [0.25, 0.3) is 0 Å². The van der Waals surface area contributed by atoms with Gasteiger partial charge in [0, 0.05) is 6.61 Å². The van der Waals surface area contributed by atoms with Crippen LogP contribution in [-0.2, 0) is 10.8 Å². The third-order valence-corrected chi connectivity index (χ3v) is 4.19. The molecule has 2 heteroatoms.